The molecule has 0 aromatic carbocycles. The highest BCUT2D eigenvalue weighted by molar-refractivity contribution is 9.10. The van der Waals surface area contributed by atoms with Crippen LogP contribution in [-0.2, 0) is 13.0 Å². The Morgan fingerprint density at radius 1 is 1.42 bits per heavy atom. The second-order valence-corrected chi connectivity index (χ2v) is 5.26. The lowest BCUT2D eigenvalue weighted by atomic mass is 10.0. The average Bonchev–Trinajstić information content (AvgIpc) is 2.79. The third-order valence-corrected chi connectivity index (χ3v) is 3.70. The number of nitrogens with zero attached hydrogens (tertiary/aromatic N) is 3. The molecule has 0 radical (unpaired) electrons. The van der Waals surface area contributed by atoms with Gasteiger partial charge >= 0.3 is 0 Å². The fourth-order valence-electron chi connectivity index (χ4n) is 2.16. The molecule has 0 saturated carbocycles. The van der Waals surface area contributed by atoms with Gasteiger partial charge in [0.2, 0.25) is 0 Å². The molecule has 0 amide bonds. The minimum atomic E-state index is -0.750. The molecule has 0 saturated heterocycles. The lowest BCUT2D eigenvalue weighted by Crippen LogP contribution is -2.13. The van der Waals surface area contributed by atoms with E-state index in [2.05, 4.69) is 39.9 Å². The van der Waals surface area contributed by atoms with Gasteiger partial charge in [-0.25, -0.2) is 0 Å². The van der Waals surface area contributed by atoms with Crippen LogP contribution in [-0.4, -0.2) is 19.9 Å². The number of hydrogen-bond acceptors (Lipinski definition) is 3. The molecular weight excluding hydrogens is 306 g/mol. The van der Waals surface area contributed by atoms with Gasteiger partial charge in [0, 0.05) is 12.7 Å². The largest absolute Gasteiger partial charge is 0.380 e. The third-order valence-electron chi connectivity index (χ3n) is 3.09. The number of aliphatic hydroxyl groups excluding tert-OH is 1. The van der Waals surface area contributed by atoms with Crippen molar-refractivity contribution in [1.82, 2.24) is 14.8 Å². The van der Waals surface area contributed by atoms with Crippen LogP contribution in [0, 0.1) is 0 Å². The highest BCUT2D eigenvalue weighted by Gasteiger charge is 2.22. The summed E-state index contributed by atoms with van der Waals surface area (Å²) in [5.74, 6) is 0. The van der Waals surface area contributed by atoms with E-state index in [9.17, 15) is 5.11 Å². The summed E-state index contributed by atoms with van der Waals surface area (Å²) in [7, 11) is 0. The van der Waals surface area contributed by atoms with Crippen molar-refractivity contribution in [3.63, 3.8) is 0 Å². The number of aliphatic hydroxyl groups is 1. The molecule has 0 aliphatic heterocycles. The Morgan fingerprint density at radius 2 is 2.21 bits per heavy atom. The summed E-state index contributed by atoms with van der Waals surface area (Å²) >= 11 is 3.46. The summed E-state index contributed by atoms with van der Waals surface area (Å²) in [4.78, 5) is 4.34. The van der Waals surface area contributed by atoms with E-state index in [1.54, 1.807) is 12.4 Å². The maximum absolute atomic E-state index is 10.6. The number of aromatic nitrogens is 3. The van der Waals surface area contributed by atoms with Crippen molar-refractivity contribution in [3.05, 3.63) is 46.0 Å². The molecule has 19 heavy (non-hydrogen) atoms. The Balaban J connectivity index is 2.43. The van der Waals surface area contributed by atoms with E-state index in [1.165, 1.54) is 0 Å². The molecule has 2 heterocycles. The smallest absolute Gasteiger partial charge is 0.139 e. The maximum atomic E-state index is 10.6. The number of hydrogen-bond donors (Lipinski definition) is 1. The van der Waals surface area contributed by atoms with Gasteiger partial charge in [0.05, 0.1) is 22.1 Å². The van der Waals surface area contributed by atoms with E-state index in [1.807, 2.05) is 16.8 Å². The summed E-state index contributed by atoms with van der Waals surface area (Å²) < 4.78 is 2.66. The van der Waals surface area contributed by atoms with Crippen molar-refractivity contribution in [1.29, 1.82) is 0 Å². The van der Waals surface area contributed by atoms with Gasteiger partial charge in [0.1, 0.15) is 6.10 Å². The summed E-state index contributed by atoms with van der Waals surface area (Å²) in [6.07, 6.45) is 4.50. The van der Waals surface area contributed by atoms with Crippen molar-refractivity contribution in [2.24, 2.45) is 0 Å². The van der Waals surface area contributed by atoms with E-state index >= 15 is 0 Å². The molecule has 4 nitrogen and oxygen atoms in total. The van der Waals surface area contributed by atoms with Crippen molar-refractivity contribution in [2.45, 2.75) is 39.3 Å². The fraction of sp³-hybridized carbons (Fsp3) is 0.429. The van der Waals surface area contributed by atoms with Gasteiger partial charge in [-0.2, -0.15) is 5.10 Å². The highest BCUT2D eigenvalue weighted by Crippen LogP contribution is 2.29. The predicted octanol–water partition coefficient (Wildman–Crippen LogP) is 3.09. The van der Waals surface area contributed by atoms with E-state index in [0.29, 0.717) is 5.69 Å². The summed E-state index contributed by atoms with van der Waals surface area (Å²) in [6, 6.07) is 3.90. The summed E-state index contributed by atoms with van der Waals surface area (Å²) in [5.41, 5.74) is 2.55. The van der Waals surface area contributed by atoms with Gasteiger partial charge in [-0.1, -0.05) is 19.9 Å². The molecule has 0 bridgehead atoms. The number of rotatable bonds is 5. The van der Waals surface area contributed by atoms with Crippen LogP contribution in [0.4, 0.5) is 0 Å². The fourth-order valence-corrected chi connectivity index (χ4v) is 2.67. The minimum Gasteiger partial charge on any atom is -0.380 e. The second kappa shape index (κ2) is 6.30. The van der Waals surface area contributed by atoms with Gasteiger partial charge in [0.25, 0.3) is 0 Å². The molecule has 0 spiro atoms. The Kier molecular flexibility index (Phi) is 4.71. The summed E-state index contributed by atoms with van der Waals surface area (Å²) in [6.45, 7) is 4.93. The average molecular weight is 324 g/mol. The van der Waals surface area contributed by atoms with Gasteiger partial charge in [-0.05, 0) is 40.4 Å². The molecule has 2 aromatic rings. The number of pyridine rings is 1. The highest BCUT2D eigenvalue weighted by atomic mass is 79.9. The van der Waals surface area contributed by atoms with Crippen molar-refractivity contribution in [3.8, 4) is 0 Å². The van der Waals surface area contributed by atoms with E-state index in [4.69, 9.17) is 0 Å². The molecule has 0 aliphatic rings. The molecule has 102 valence electrons. The predicted molar refractivity (Wildman–Crippen MR) is 77.9 cm³/mol. The Bertz CT molecular complexity index is 553. The van der Waals surface area contributed by atoms with Crippen molar-refractivity contribution < 1.29 is 5.11 Å². The van der Waals surface area contributed by atoms with Crippen LogP contribution in [0.25, 0.3) is 0 Å². The van der Waals surface area contributed by atoms with Gasteiger partial charge < -0.3 is 5.11 Å². The summed E-state index contributed by atoms with van der Waals surface area (Å²) in [5, 5.41) is 14.9. The zero-order valence-electron chi connectivity index (χ0n) is 11.2. The molecule has 0 aliphatic carbocycles. The van der Waals surface area contributed by atoms with Crippen LogP contribution in [0.3, 0.4) is 0 Å². The normalized spacial score (nSPS) is 12.6. The van der Waals surface area contributed by atoms with Crippen LogP contribution < -0.4 is 0 Å². The first-order valence-corrected chi connectivity index (χ1v) is 7.31. The zero-order valence-corrected chi connectivity index (χ0v) is 12.8. The van der Waals surface area contributed by atoms with Crippen molar-refractivity contribution >= 4 is 15.9 Å². The van der Waals surface area contributed by atoms with Gasteiger partial charge in [-0.3, -0.25) is 9.67 Å². The Morgan fingerprint density at radius 3 is 2.89 bits per heavy atom. The van der Waals surface area contributed by atoms with Gasteiger partial charge in [-0.15, -0.1) is 0 Å². The van der Waals surface area contributed by atoms with E-state index < -0.39 is 6.10 Å². The van der Waals surface area contributed by atoms with Gasteiger partial charge in [0.15, 0.2) is 0 Å². The molecule has 2 rings (SSSR count). The van der Waals surface area contributed by atoms with E-state index in [-0.39, 0.29) is 0 Å². The minimum absolute atomic E-state index is 0.712. The molecule has 0 fully saturated rings. The van der Waals surface area contributed by atoms with Crippen LogP contribution in [0.2, 0.25) is 0 Å². The third kappa shape index (κ3) is 2.87. The Hall–Kier alpha value is -1.20. The number of aryl methyl sites for hydroxylation is 2. The number of halogens is 1. The van der Waals surface area contributed by atoms with Crippen LogP contribution in [0.5, 0.6) is 0 Å². The first-order valence-electron chi connectivity index (χ1n) is 6.52. The molecule has 1 N–H and O–H groups in total. The zero-order chi connectivity index (χ0) is 13.8. The maximum Gasteiger partial charge on any atom is 0.139 e. The lowest BCUT2D eigenvalue weighted by molar-refractivity contribution is 0.200. The monoisotopic (exact) mass is 323 g/mol. The molecule has 2 aromatic heterocycles. The lowest BCUT2D eigenvalue weighted by Gasteiger charge is -2.16. The molecular formula is C14H18BrN3O. The quantitative estimate of drug-likeness (QED) is 0.919. The SMILES string of the molecule is CCCn1ncc(Br)c1C(O)c1ncccc1CC. The van der Waals surface area contributed by atoms with Crippen LogP contribution >= 0.6 is 15.9 Å². The molecule has 1 unspecified atom stereocenters. The second-order valence-electron chi connectivity index (χ2n) is 4.40. The Labute approximate surface area is 121 Å². The topological polar surface area (TPSA) is 50.9 Å². The van der Waals surface area contributed by atoms with Crippen molar-refractivity contribution in [2.75, 3.05) is 0 Å². The van der Waals surface area contributed by atoms with Crippen LogP contribution in [0.15, 0.2) is 29.0 Å². The first kappa shape index (κ1) is 14.2. The molecule has 1 atom stereocenters. The van der Waals surface area contributed by atoms with E-state index in [0.717, 1.165) is 35.1 Å². The first-order chi connectivity index (χ1) is 9.19. The van der Waals surface area contributed by atoms with Crippen LogP contribution in [0.1, 0.15) is 43.3 Å². The standard InChI is InChI=1S/C14H18BrN3O/c1-3-8-18-13(11(15)9-17-18)14(19)12-10(4-2)6-5-7-16-12/h5-7,9,14,19H,3-4,8H2,1-2H3. The molecule has 5 heteroatoms.